The third kappa shape index (κ3) is 2.48. The maximum Gasteiger partial charge on any atom is 0.132 e. The number of alkyl halides is 1. The minimum Gasteiger partial charge on any atom is -0.300 e. The third-order valence-electron chi connectivity index (χ3n) is 3.00. The predicted molar refractivity (Wildman–Crippen MR) is 51.4 cm³/mol. The van der Waals surface area contributed by atoms with Gasteiger partial charge in [-0.05, 0) is 45.4 Å². The lowest BCUT2D eigenvalue weighted by atomic mass is 9.79. The molecule has 70 valence electrons. The molecule has 0 amide bonds. The molecule has 0 saturated heterocycles. The first-order valence-electron chi connectivity index (χ1n) is 4.75. The molecule has 0 N–H and O–H groups in total. The number of carbonyl (C=O) groups excluding carboxylic acids is 1. The van der Waals surface area contributed by atoms with Gasteiger partial charge < -0.3 is 0 Å². The average molecular weight is 189 g/mol. The lowest BCUT2D eigenvalue weighted by Crippen LogP contribution is -2.23. The van der Waals surface area contributed by atoms with E-state index in [0.717, 1.165) is 25.7 Å². The van der Waals surface area contributed by atoms with Crippen molar-refractivity contribution in [1.29, 1.82) is 0 Å². The molecule has 1 rings (SSSR count). The minimum atomic E-state index is 0.276. The Hall–Kier alpha value is -0.0400. The molecule has 1 saturated carbocycles. The zero-order valence-electron chi connectivity index (χ0n) is 7.85. The second-order valence-corrected chi connectivity index (χ2v) is 4.59. The van der Waals surface area contributed by atoms with Crippen LogP contribution in [0.25, 0.3) is 0 Å². The SMILES string of the molecule is CC(=O)C1CCC(C(C)Cl)CC1. The van der Waals surface area contributed by atoms with Gasteiger partial charge in [0.2, 0.25) is 0 Å². The van der Waals surface area contributed by atoms with E-state index in [4.69, 9.17) is 11.6 Å². The van der Waals surface area contributed by atoms with E-state index >= 15 is 0 Å². The molecule has 0 aromatic rings. The van der Waals surface area contributed by atoms with Gasteiger partial charge in [0, 0.05) is 11.3 Å². The molecule has 1 fully saturated rings. The van der Waals surface area contributed by atoms with Crippen LogP contribution in [-0.2, 0) is 4.79 Å². The molecule has 1 atom stereocenters. The smallest absolute Gasteiger partial charge is 0.132 e. The van der Waals surface area contributed by atoms with Gasteiger partial charge in [-0.3, -0.25) is 4.79 Å². The highest BCUT2D eigenvalue weighted by molar-refractivity contribution is 6.20. The topological polar surface area (TPSA) is 17.1 Å². The van der Waals surface area contributed by atoms with Crippen LogP contribution < -0.4 is 0 Å². The Balaban J connectivity index is 2.34. The highest BCUT2D eigenvalue weighted by atomic mass is 35.5. The number of Topliss-reactive ketones (excluding diaryl/α,β-unsaturated/α-hetero) is 1. The third-order valence-corrected chi connectivity index (χ3v) is 3.35. The van der Waals surface area contributed by atoms with Crippen molar-refractivity contribution in [3.8, 4) is 0 Å². The lowest BCUT2D eigenvalue weighted by molar-refractivity contribution is -0.121. The lowest BCUT2D eigenvalue weighted by Gasteiger charge is -2.28. The van der Waals surface area contributed by atoms with E-state index in [1.54, 1.807) is 6.92 Å². The van der Waals surface area contributed by atoms with Crippen LogP contribution in [0.4, 0.5) is 0 Å². The number of rotatable bonds is 2. The summed E-state index contributed by atoms with van der Waals surface area (Å²) in [5.41, 5.74) is 0. The number of hydrogen-bond donors (Lipinski definition) is 0. The van der Waals surface area contributed by atoms with E-state index in [2.05, 4.69) is 6.92 Å². The van der Waals surface area contributed by atoms with Crippen molar-refractivity contribution in [2.45, 2.75) is 44.9 Å². The van der Waals surface area contributed by atoms with Gasteiger partial charge in [-0.15, -0.1) is 11.6 Å². The first kappa shape index (κ1) is 10.0. The number of hydrogen-bond acceptors (Lipinski definition) is 1. The molecule has 1 nitrogen and oxygen atoms in total. The van der Waals surface area contributed by atoms with E-state index in [1.807, 2.05) is 0 Å². The van der Waals surface area contributed by atoms with Crippen molar-refractivity contribution >= 4 is 17.4 Å². The quantitative estimate of drug-likeness (QED) is 0.609. The second kappa shape index (κ2) is 4.27. The molecule has 0 heterocycles. The second-order valence-electron chi connectivity index (χ2n) is 3.90. The molecule has 1 aliphatic carbocycles. The molecule has 0 spiro atoms. The van der Waals surface area contributed by atoms with Crippen molar-refractivity contribution < 1.29 is 4.79 Å². The van der Waals surface area contributed by atoms with Gasteiger partial charge in [-0.2, -0.15) is 0 Å². The Morgan fingerprint density at radius 3 is 2.17 bits per heavy atom. The minimum absolute atomic E-state index is 0.276. The molecule has 12 heavy (non-hydrogen) atoms. The molecule has 0 radical (unpaired) electrons. The highest BCUT2D eigenvalue weighted by Crippen LogP contribution is 2.32. The van der Waals surface area contributed by atoms with E-state index in [0.29, 0.717) is 17.6 Å². The fourth-order valence-corrected chi connectivity index (χ4v) is 2.24. The first-order valence-corrected chi connectivity index (χ1v) is 5.19. The van der Waals surface area contributed by atoms with Crippen molar-refractivity contribution in [3.63, 3.8) is 0 Å². The Morgan fingerprint density at radius 2 is 1.83 bits per heavy atom. The summed E-state index contributed by atoms with van der Waals surface area (Å²) in [5.74, 6) is 1.33. The van der Waals surface area contributed by atoms with Gasteiger partial charge in [-0.1, -0.05) is 0 Å². The van der Waals surface area contributed by atoms with E-state index in [9.17, 15) is 4.79 Å². The van der Waals surface area contributed by atoms with Crippen LogP contribution in [0.3, 0.4) is 0 Å². The van der Waals surface area contributed by atoms with Crippen LogP contribution in [0.5, 0.6) is 0 Å². The van der Waals surface area contributed by atoms with Crippen LogP contribution in [0, 0.1) is 11.8 Å². The zero-order valence-corrected chi connectivity index (χ0v) is 8.60. The molecular weight excluding hydrogens is 172 g/mol. The van der Waals surface area contributed by atoms with E-state index in [-0.39, 0.29) is 5.38 Å². The van der Waals surface area contributed by atoms with Gasteiger partial charge in [0.05, 0.1) is 0 Å². The molecule has 1 unspecified atom stereocenters. The highest BCUT2D eigenvalue weighted by Gasteiger charge is 2.26. The standard InChI is InChI=1S/C10H17ClO/c1-7(11)9-3-5-10(6-4-9)8(2)12/h7,9-10H,3-6H2,1-2H3. The Labute approximate surface area is 79.5 Å². The summed E-state index contributed by atoms with van der Waals surface area (Å²) in [7, 11) is 0. The largest absolute Gasteiger partial charge is 0.300 e. The van der Waals surface area contributed by atoms with Crippen LogP contribution >= 0.6 is 11.6 Å². The summed E-state index contributed by atoms with van der Waals surface area (Å²) in [4.78, 5) is 11.0. The average Bonchev–Trinajstić information content (AvgIpc) is 2.04. The fraction of sp³-hybridized carbons (Fsp3) is 0.900. The molecule has 0 aromatic heterocycles. The molecule has 0 aliphatic heterocycles. The monoisotopic (exact) mass is 188 g/mol. The first-order chi connectivity index (χ1) is 5.61. The number of halogens is 1. The summed E-state index contributed by atoms with van der Waals surface area (Å²) < 4.78 is 0. The van der Waals surface area contributed by atoms with Crippen LogP contribution in [0.2, 0.25) is 0 Å². The Bertz CT molecular complexity index is 157. The Morgan fingerprint density at radius 1 is 1.33 bits per heavy atom. The fourth-order valence-electron chi connectivity index (χ4n) is 1.99. The maximum absolute atomic E-state index is 11.0. The zero-order chi connectivity index (χ0) is 9.14. The molecule has 2 heteroatoms. The maximum atomic E-state index is 11.0. The van der Waals surface area contributed by atoms with Gasteiger partial charge in [0.25, 0.3) is 0 Å². The summed E-state index contributed by atoms with van der Waals surface area (Å²) in [6, 6.07) is 0. The molecule has 0 bridgehead atoms. The van der Waals surface area contributed by atoms with Crippen LogP contribution in [0.15, 0.2) is 0 Å². The van der Waals surface area contributed by atoms with Crippen molar-refractivity contribution in [2.24, 2.45) is 11.8 Å². The summed E-state index contributed by atoms with van der Waals surface area (Å²) in [6.45, 7) is 3.76. The number of ketones is 1. The van der Waals surface area contributed by atoms with Crippen LogP contribution in [0.1, 0.15) is 39.5 Å². The van der Waals surface area contributed by atoms with Crippen molar-refractivity contribution in [1.82, 2.24) is 0 Å². The van der Waals surface area contributed by atoms with Gasteiger partial charge in [0.1, 0.15) is 5.78 Å². The van der Waals surface area contributed by atoms with E-state index in [1.165, 1.54) is 0 Å². The van der Waals surface area contributed by atoms with E-state index < -0.39 is 0 Å². The predicted octanol–water partition coefficient (Wildman–Crippen LogP) is 3.01. The molecule has 0 aromatic carbocycles. The summed E-state index contributed by atoms with van der Waals surface area (Å²) >= 11 is 6.00. The van der Waals surface area contributed by atoms with Gasteiger partial charge in [-0.25, -0.2) is 0 Å². The Kier molecular flexibility index (Phi) is 3.57. The normalized spacial score (nSPS) is 32.9. The van der Waals surface area contributed by atoms with Crippen molar-refractivity contribution in [2.75, 3.05) is 0 Å². The van der Waals surface area contributed by atoms with Gasteiger partial charge in [0.15, 0.2) is 0 Å². The summed E-state index contributed by atoms with van der Waals surface area (Å²) in [6.07, 6.45) is 4.37. The van der Waals surface area contributed by atoms with Crippen LogP contribution in [-0.4, -0.2) is 11.2 Å². The molecular formula is C10H17ClO. The number of carbonyl (C=O) groups is 1. The van der Waals surface area contributed by atoms with Gasteiger partial charge >= 0.3 is 0 Å². The molecule has 1 aliphatic rings. The van der Waals surface area contributed by atoms with Crippen molar-refractivity contribution in [3.05, 3.63) is 0 Å². The summed E-state index contributed by atoms with van der Waals surface area (Å²) in [5, 5.41) is 0.276.